The monoisotopic (exact) mass is 262 g/mol. The lowest BCUT2D eigenvalue weighted by Crippen LogP contribution is -2.34. The van der Waals surface area contributed by atoms with Crippen LogP contribution in [-0.4, -0.2) is 30.6 Å². The first-order chi connectivity index (χ1) is 9.10. The van der Waals surface area contributed by atoms with E-state index in [0.29, 0.717) is 12.6 Å². The number of nitrogens with two attached hydrogens (primary N) is 1. The van der Waals surface area contributed by atoms with Crippen molar-refractivity contribution in [1.29, 1.82) is 0 Å². The molecule has 1 aliphatic rings. The van der Waals surface area contributed by atoms with Gasteiger partial charge in [-0.15, -0.1) is 0 Å². The fourth-order valence-corrected chi connectivity index (χ4v) is 2.98. The minimum atomic E-state index is 0.0865. The number of rotatable bonds is 5. The molecule has 2 N–H and O–H groups in total. The maximum absolute atomic E-state index is 6.32. The third kappa shape index (κ3) is 3.71. The second kappa shape index (κ2) is 6.40. The molecule has 1 aliphatic heterocycles. The van der Waals surface area contributed by atoms with Gasteiger partial charge in [-0.1, -0.05) is 19.1 Å². The molecular formula is C16H26N2O. The third-order valence-electron chi connectivity index (χ3n) is 3.96. The van der Waals surface area contributed by atoms with Gasteiger partial charge in [0.1, 0.15) is 5.75 Å². The smallest absolute Gasteiger partial charge is 0.119 e. The highest BCUT2D eigenvalue weighted by Gasteiger charge is 2.27. The highest BCUT2D eigenvalue weighted by Crippen LogP contribution is 2.25. The average Bonchev–Trinajstić information content (AvgIpc) is 2.69. The van der Waals surface area contributed by atoms with Crippen LogP contribution in [0.5, 0.6) is 5.75 Å². The molecule has 0 aromatic heterocycles. The SMILES string of the molecule is CCOc1ccc(C(N)CN2CC(C)CC2C)cc1. The first-order valence-corrected chi connectivity index (χ1v) is 7.32. The minimum Gasteiger partial charge on any atom is -0.494 e. The van der Waals surface area contributed by atoms with Crippen LogP contribution in [0, 0.1) is 5.92 Å². The quantitative estimate of drug-likeness (QED) is 0.887. The molecule has 1 fully saturated rings. The Morgan fingerprint density at radius 3 is 2.53 bits per heavy atom. The van der Waals surface area contributed by atoms with Crippen molar-refractivity contribution < 1.29 is 4.74 Å². The van der Waals surface area contributed by atoms with Gasteiger partial charge in [0.05, 0.1) is 6.61 Å². The summed E-state index contributed by atoms with van der Waals surface area (Å²) in [4.78, 5) is 2.51. The second-order valence-electron chi connectivity index (χ2n) is 5.75. The minimum absolute atomic E-state index is 0.0865. The van der Waals surface area contributed by atoms with Crippen molar-refractivity contribution in [1.82, 2.24) is 4.90 Å². The van der Waals surface area contributed by atoms with Gasteiger partial charge in [0, 0.05) is 25.2 Å². The van der Waals surface area contributed by atoms with Gasteiger partial charge < -0.3 is 10.5 Å². The average molecular weight is 262 g/mol. The molecule has 0 amide bonds. The molecule has 0 bridgehead atoms. The number of hydrogen-bond acceptors (Lipinski definition) is 3. The lowest BCUT2D eigenvalue weighted by atomic mass is 10.1. The molecule has 0 aliphatic carbocycles. The van der Waals surface area contributed by atoms with Crippen LogP contribution in [0.25, 0.3) is 0 Å². The fraction of sp³-hybridized carbons (Fsp3) is 0.625. The van der Waals surface area contributed by atoms with E-state index in [1.54, 1.807) is 0 Å². The summed E-state index contributed by atoms with van der Waals surface area (Å²) in [6.45, 7) is 9.43. The van der Waals surface area contributed by atoms with E-state index in [4.69, 9.17) is 10.5 Å². The Morgan fingerprint density at radius 2 is 2.00 bits per heavy atom. The number of hydrogen-bond donors (Lipinski definition) is 1. The molecule has 19 heavy (non-hydrogen) atoms. The van der Waals surface area contributed by atoms with Crippen molar-refractivity contribution in [2.75, 3.05) is 19.7 Å². The molecule has 3 atom stereocenters. The van der Waals surface area contributed by atoms with Crippen molar-refractivity contribution >= 4 is 0 Å². The highest BCUT2D eigenvalue weighted by molar-refractivity contribution is 5.29. The molecule has 0 radical (unpaired) electrons. The molecule has 3 nitrogen and oxygen atoms in total. The van der Waals surface area contributed by atoms with Crippen molar-refractivity contribution in [2.24, 2.45) is 11.7 Å². The van der Waals surface area contributed by atoms with Crippen molar-refractivity contribution in [3.63, 3.8) is 0 Å². The predicted molar refractivity (Wildman–Crippen MR) is 79.4 cm³/mol. The van der Waals surface area contributed by atoms with Crippen LogP contribution >= 0.6 is 0 Å². The Kier molecular flexibility index (Phi) is 4.83. The van der Waals surface area contributed by atoms with Crippen LogP contribution in [0.3, 0.4) is 0 Å². The zero-order valence-corrected chi connectivity index (χ0v) is 12.3. The van der Waals surface area contributed by atoms with E-state index >= 15 is 0 Å². The largest absolute Gasteiger partial charge is 0.494 e. The van der Waals surface area contributed by atoms with Crippen LogP contribution in [-0.2, 0) is 0 Å². The summed E-state index contributed by atoms with van der Waals surface area (Å²) in [6.07, 6.45) is 1.29. The molecule has 3 unspecified atom stereocenters. The number of likely N-dealkylation sites (tertiary alicyclic amines) is 1. The van der Waals surface area contributed by atoms with E-state index in [1.807, 2.05) is 19.1 Å². The predicted octanol–water partition coefficient (Wildman–Crippen LogP) is 2.82. The number of benzene rings is 1. The van der Waals surface area contributed by atoms with Gasteiger partial charge in [0.2, 0.25) is 0 Å². The van der Waals surface area contributed by atoms with Crippen LogP contribution in [0.1, 0.15) is 38.8 Å². The third-order valence-corrected chi connectivity index (χ3v) is 3.96. The topological polar surface area (TPSA) is 38.5 Å². The van der Waals surface area contributed by atoms with Crippen LogP contribution in [0.2, 0.25) is 0 Å². The zero-order chi connectivity index (χ0) is 13.8. The summed E-state index contributed by atoms with van der Waals surface area (Å²) >= 11 is 0. The lowest BCUT2D eigenvalue weighted by molar-refractivity contribution is 0.249. The van der Waals surface area contributed by atoms with Gasteiger partial charge in [-0.2, -0.15) is 0 Å². The molecule has 2 rings (SSSR count). The molecule has 3 heteroatoms. The summed E-state index contributed by atoms with van der Waals surface area (Å²) < 4.78 is 5.45. The normalized spacial score (nSPS) is 25.5. The van der Waals surface area contributed by atoms with E-state index in [0.717, 1.165) is 18.2 Å². The summed E-state index contributed by atoms with van der Waals surface area (Å²) in [5.74, 6) is 1.71. The van der Waals surface area contributed by atoms with E-state index in [2.05, 4.69) is 30.9 Å². The van der Waals surface area contributed by atoms with Crippen LogP contribution in [0.15, 0.2) is 24.3 Å². The van der Waals surface area contributed by atoms with Crippen molar-refractivity contribution in [3.8, 4) is 5.75 Å². The fourth-order valence-electron chi connectivity index (χ4n) is 2.98. The van der Waals surface area contributed by atoms with E-state index in [-0.39, 0.29) is 6.04 Å². The lowest BCUT2D eigenvalue weighted by Gasteiger charge is -2.25. The molecule has 1 saturated heterocycles. The Bertz CT molecular complexity index is 390. The molecule has 0 saturated carbocycles. The molecule has 0 spiro atoms. The van der Waals surface area contributed by atoms with Gasteiger partial charge in [0.25, 0.3) is 0 Å². The number of ether oxygens (including phenoxy) is 1. The molecule has 1 aromatic rings. The molecule has 106 valence electrons. The summed E-state index contributed by atoms with van der Waals surface area (Å²) in [7, 11) is 0. The van der Waals surface area contributed by atoms with E-state index < -0.39 is 0 Å². The Labute approximate surface area is 116 Å². The maximum Gasteiger partial charge on any atom is 0.119 e. The summed E-state index contributed by atoms with van der Waals surface area (Å²) in [5.41, 5.74) is 7.51. The standard InChI is InChI=1S/C16H26N2O/c1-4-19-15-7-5-14(6-8-15)16(17)11-18-10-12(2)9-13(18)3/h5-8,12-13,16H,4,9-11,17H2,1-3H3. The van der Waals surface area contributed by atoms with Crippen molar-refractivity contribution in [3.05, 3.63) is 29.8 Å². The van der Waals surface area contributed by atoms with Gasteiger partial charge >= 0.3 is 0 Å². The van der Waals surface area contributed by atoms with Crippen molar-refractivity contribution in [2.45, 2.75) is 39.3 Å². The molecule has 1 heterocycles. The highest BCUT2D eigenvalue weighted by atomic mass is 16.5. The molecular weight excluding hydrogens is 236 g/mol. The molecule has 1 aromatic carbocycles. The Hall–Kier alpha value is -1.06. The maximum atomic E-state index is 6.32. The first kappa shape index (κ1) is 14.4. The number of nitrogens with zero attached hydrogens (tertiary/aromatic N) is 1. The van der Waals surface area contributed by atoms with Gasteiger partial charge in [-0.05, 0) is 43.9 Å². The second-order valence-corrected chi connectivity index (χ2v) is 5.75. The van der Waals surface area contributed by atoms with E-state index in [1.165, 1.54) is 18.5 Å². The van der Waals surface area contributed by atoms with Gasteiger partial charge in [-0.3, -0.25) is 4.90 Å². The van der Waals surface area contributed by atoms with Crippen LogP contribution in [0.4, 0.5) is 0 Å². The van der Waals surface area contributed by atoms with E-state index in [9.17, 15) is 0 Å². The Morgan fingerprint density at radius 1 is 1.32 bits per heavy atom. The van der Waals surface area contributed by atoms with Gasteiger partial charge in [0.15, 0.2) is 0 Å². The summed E-state index contributed by atoms with van der Waals surface area (Å²) in [5, 5.41) is 0. The van der Waals surface area contributed by atoms with Crippen LogP contribution < -0.4 is 10.5 Å². The first-order valence-electron chi connectivity index (χ1n) is 7.32. The zero-order valence-electron chi connectivity index (χ0n) is 12.3. The van der Waals surface area contributed by atoms with Gasteiger partial charge in [-0.25, -0.2) is 0 Å². The summed E-state index contributed by atoms with van der Waals surface area (Å²) in [6, 6.07) is 8.93. The Balaban J connectivity index is 1.94.